The van der Waals surface area contributed by atoms with Crippen LogP contribution in [0.3, 0.4) is 0 Å². The summed E-state index contributed by atoms with van der Waals surface area (Å²) in [5.41, 5.74) is 7.49. The first-order valence-corrected chi connectivity index (χ1v) is 7.33. The van der Waals surface area contributed by atoms with E-state index in [1.807, 2.05) is 19.1 Å². The second-order valence-electron chi connectivity index (χ2n) is 4.66. The summed E-state index contributed by atoms with van der Waals surface area (Å²) in [6.07, 6.45) is 0. The number of ether oxygens (including phenoxy) is 1. The normalized spacial score (nSPS) is 11.2. The maximum Gasteiger partial charge on any atom is 0.371 e. The summed E-state index contributed by atoms with van der Waals surface area (Å²) in [4.78, 5) is 17.0. The first-order chi connectivity index (χ1) is 10.9. The molecule has 2 rings (SSSR count). The van der Waals surface area contributed by atoms with Crippen LogP contribution in [-0.4, -0.2) is 18.9 Å². The number of rotatable bonds is 4. The van der Waals surface area contributed by atoms with Gasteiger partial charge in [-0.15, -0.1) is 0 Å². The van der Waals surface area contributed by atoms with Crippen LogP contribution in [0, 0.1) is 6.92 Å². The number of hydrogen-bond donors (Lipinski definition) is 1. The highest BCUT2D eigenvalue weighted by atomic mass is 35.5. The van der Waals surface area contributed by atoms with E-state index in [0.29, 0.717) is 5.56 Å². The monoisotopic (exact) mass is 352 g/mol. The van der Waals surface area contributed by atoms with Crippen molar-refractivity contribution in [2.24, 2.45) is 10.9 Å². The molecule has 120 valence electrons. The molecule has 0 bridgehead atoms. The van der Waals surface area contributed by atoms with Crippen molar-refractivity contribution in [3.63, 3.8) is 0 Å². The van der Waals surface area contributed by atoms with E-state index >= 15 is 0 Å². The van der Waals surface area contributed by atoms with Crippen LogP contribution in [0.15, 0.2) is 41.6 Å². The molecule has 2 aromatic rings. The highest BCUT2D eigenvalue weighted by molar-refractivity contribution is 6.37. The summed E-state index contributed by atoms with van der Waals surface area (Å²) >= 11 is 12.0. The number of amidine groups is 1. The smallest absolute Gasteiger partial charge is 0.371 e. The summed E-state index contributed by atoms with van der Waals surface area (Å²) in [7, 11) is 1.37. The van der Waals surface area contributed by atoms with E-state index in [9.17, 15) is 4.79 Å². The third-order valence-electron chi connectivity index (χ3n) is 3.04. The third kappa shape index (κ3) is 3.94. The molecule has 0 unspecified atom stereocenters. The van der Waals surface area contributed by atoms with Crippen LogP contribution in [0.4, 0.5) is 0 Å². The van der Waals surface area contributed by atoms with E-state index in [0.717, 1.165) is 5.56 Å². The molecule has 0 radical (unpaired) electrons. The second kappa shape index (κ2) is 7.35. The maximum absolute atomic E-state index is 12.2. The molecule has 0 spiro atoms. The number of nitrogens with zero attached hydrogens (tertiary/aromatic N) is 1. The van der Waals surface area contributed by atoms with Crippen molar-refractivity contribution in [3.8, 4) is 5.75 Å². The average molecular weight is 353 g/mol. The minimum atomic E-state index is -0.815. The van der Waals surface area contributed by atoms with E-state index in [4.69, 9.17) is 38.5 Å². The number of aryl methyl sites for hydroxylation is 1. The fraction of sp³-hybridized carbons (Fsp3) is 0.125. The molecule has 0 aliphatic carbocycles. The van der Waals surface area contributed by atoms with E-state index in [-0.39, 0.29) is 27.2 Å². The van der Waals surface area contributed by atoms with Crippen LogP contribution in [0.5, 0.6) is 5.75 Å². The summed E-state index contributed by atoms with van der Waals surface area (Å²) in [6.45, 7) is 1.95. The predicted molar refractivity (Wildman–Crippen MR) is 90.3 cm³/mol. The van der Waals surface area contributed by atoms with Crippen molar-refractivity contribution < 1.29 is 14.4 Å². The lowest BCUT2D eigenvalue weighted by Crippen LogP contribution is -2.15. The van der Waals surface area contributed by atoms with Gasteiger partial charge in [-0.3, -0.25) is 0 Å². The number of benzene rings is 2. The SMILES string of the molecule is COc1c(Cl)ccc(Cl)c1C(=O)O/N=C(\N)c1ccc(C)cc1. The zero-order chi connectivity index (χ0) is 17.0. The molecule has 0 aliphatic rings. The Bertz CT molecular complexity index is 759. The van der Waals surface area contributed by atoms with Gasteiger partial charge in [-0.25, -0.2) is 4.79 Å². The van der Waals surface area contributed by atoms with E-state index in [1.165, 1.54) is 19.2 Å². The lowest BCUT2D eigenvalue weighted by molar-refractivity contribution is 0.0512. The molecule has 0 aromatic heterocycles. The lowest BCUT2D eigenvalue weighted by atomic mass is 10.1. The number of nitrogens with two attached hydrogens (primary N) is 1. The van der Waals surface area contributed by atoms with Gasteiger partial charge in [0.2, 0.25) is 0 Å². The van der Waals surface area contributed by atoms with Crippen LogP contribution < -0.4 is 10.5 Å². The number of carbonyl (C=O) groups is 1. The van der Waals surface area contributed by atoms with Gasteiger partial charge in [-0.1, -0.05) is 58.2 Å². The Kier molecular flexibility index (Phi) is 5.47. The molecular weight excluding hydrogens is 339 g/mol. The van der Waals surface area contributed by atoms with Gasteiger partial charge in [0.15, 0.2) is 11.6 Å². The number of halogens is 2. The van der Waals surface area contributed by atoms with Gasteiger partial charge in [0, 0.05) is 5.56 Å². The van der Waals surface area contributed by atoms with Crippen LogP contribution in [0.2, 0.25) is 10.0 Å². The lowest BCUT2D eigenvalue weighted by Gasteiger charge is -2.09. The molecule has 2 aromatic carbocycles. The first kappa shape index (κ1) is 17.1. The third-order valence-corrected chi connectivity index (χ3v) is 3.65. The largest absolute Gasteiger partial charge is 0.494 e. The summed E-state index contributed by atoms with van der Waals surface area (Å²) in [5.74, 6) is -0.631. The Morgan fingerprint density at radius 2 is 1.70 bits per heavy atom. The van der Waals surface area contributed by atoms with Crippen LogP contribution in [0.25, 0.3) is 0 Å². The van der Waals surface area contributed by atoms with Gasteiger partial charge >= 0.3 is 5.97 Å². The van der Waals surface area contributed by atoms with Gasteiger partial charge in [0.1, 0.15) is 5.56 Å². The van der Waals surface area contributed by atoms with Gasteiger partial charge in [-0.2, -0.15) is 0 Å². The zero-order valence-corrected chi connectivity index (χ0v) is 14.0. The van der Waals surface area contributed by atoms with Crippen LogP contribution in [-0.2, 0) is 4.84 Å². The van der Waals surface area contributed by atoms with Crippen molar-refractivity contribution in [2.45, 2.75) is 6.92 Å². The minimum Gasteiger partial charge on any atom is -0.494 e. The van der Waals surface area contributed by atoms with Crippen LogP contribution in [0.1, 0.15) is 21.5 Å². The van der Waals surface area contributed by atoms with Gasteiger partial charge in [-0.05, 0) is 19.1 Å². The van der Waals surface area contributed by atoms with Crippen molar-refractivity contribution >= 4 is 35.0 Å². The van der Waals surface area contributed by atoms with Crippen molar-refractivity contribution in [1.29, 1.82) is 0 Å². The minimum absolute atomic E-state index is 0.0119. The Morgan fingerprint density at radius 1 is 1.09 bits per heavy atom. The molecule has 0 aliphatic heterocycles. The number of carbonyl (C=O) groups excluding carboxylic acids is 1. The Hall–Kier alpha value is -2.24. The van der Waals surface area contributed by atoms with E-state index < -0.39 is 5.97 Å². The highest BCUT2D eigenvalue weighted by Gasteiger charge is 2.21. The fourth-order valence-corrected chi connectivity index (χ4v) is 2.30. The molecular formula is C16H14Cl2N2O3. The molecule has 5 nitrogen and oxygen atoms in total. The first-order valence-electron chi connectivity index (χ1n) is 6.58. The quantitative estimate of drug-likeness (QED) is 0.393. The summed E-state index contributed by atoms with van der Waals surface area (Å²) in [6, 6.07) is 10.3. The van der Waals surface area contributed by atoms with Gasteiger partial charge in [0.05, 0.1) is 17.2 Å². The Morgan fingerprint density at radius 3 is 2.30 bits per heavy atom. The predicted octanol–water partition coefficient (Wildman–Crippen LogP) is 3.79. The molecule has 0 amide bonds. The Balaban J connectivity index is 2.24. The molecule has 0 atom stereocenters. The molecule has 0 heterocycles. The molecule has 7 heteroatoms. The molecule has 2 N–H and O–H groups in total. The van der Waals surface area contributed by atoms with Gasteiger partial charge < -0.3 is 15.3 Å². The fourth-order valence-electron chi connectivity index (χ4n) is 1.84. The maximum atomic E-state index is 12.2. The van der Waals surface area contributed by atoms with Crippen molar-refractivity contribution in [2.75, 3.05) is 7.11 Å². The average Bonchev–Trinajstić information content (AvgIpc) is 2.54. The highest BCUT2D eigenvalue weighted by Crippen LogP contribution is 2.34. The van der Waals surface area contributed by atoms with Crippen molar-refractivity contribution in [3.05, 3.63) is 63.1 Å². The van der Waals surface area contributed by atoms with E-state index in [2.05, 4.69) is 5.16 Å². The summed E-state index contributed by atoms with van der Waals surface area (Å²) in [5, 5.41) is 4.01. The molecule has 0 saturated carbocycles. The number of hydrogen-bond acceptors (Lipinski definition) is 4. The second-order valence-corrected chi connectivity index (χ2v) is 5.47. The molecule has 23 heavy (non-hydrogen) atoms. The summed E-state index contributed by atoms with van der Waals surface area (Å²) < 4.78 is 5.09. The van der Waals surface area contributed by atoms with Crippen LogP contribution >= 0.6 is 23.2 Å². The molecule has 0 saturated heterocycles. The van der Waals surface area contributed by atoms with Gasteiger partial charge in [0.25, 0.3) is 0 Å². The zero-order valence-electron chi connectivity index (χ0n) is 12.5. The molecule has 0 fully saturated rings. The standard InChI is InChI=1S/C16H14Cl2N2O3/c1-9-3-5-10(6-4-9)15(19)20-23-16(21)13-11(17)7-8-12(18)14(13)22-2/h3-8H,1-2H3,(H2,19,20). The van der Waals surface area contributed by atoms with E-state index in [1.54, 1.807) is 12.1 Å². The number of oxime groups is 1. The topological polar surface area (TPSA) is 73.9 Å². The van der Waals surface area contributed by atoms with Crippen molar-refractivity contribution in [1.82, 2.24) is 0 Å². The number of methoxy groups -OCH3 is 1. The Labute approximate surface area is 143 Å².